The first-order valence-electron chi connectivity index (χ1n) is 6.19. The first-order valence-corrected chi connectivity index (χ1v) is 6.19. The number of carbonyl (C=O) groups is 1. The van der Waals surface area contributed by atoms with Gasteiger partial charge in [0.2, 0.25) is 0 Å². The third kappa shape index (κ3) is 4.59. The SMILES string of the molecule is CCOc1ccccc1C(=O)CCC(C)(C)C. The Morgan fingerprint density at radius 2 is 1.88 bits per heavy atom. The van der Waals surface area contributed by atoms with Crippen molar-refractivity contribution in [2.75, 3.05) is 6.61 Å². The van der Waals surface area contributed by atoms with Gasteiger partial charge in [0.25, 0.3) is 0 Å². The van der Waals surface area contributed by atoms with Crippen LogP contribution in [0.4, 0.5) is 0 Å². The molecule has 0 spiro atoms. The van der Waals surface area contributed by atoms with Crippen molar-refractivity contribution in [1.29, 1.82) is 0 Å². The van der Waals surface area contributed by atoms with Gasteiger partial charge in [0.1, 0.15) is 5.75 Å². The second-order valence-electron chi connectivity index (χ2n) is 5.41. The molecule has 0 bridgehead atoms. The highest BCUT2D eigenvalue weighted by Crippen LogP contribution is 2.25. The smallest absolute Gasteiger partial charge is 0.166 e. The molecule has 0 fully saturated rings. The largest absolute Gasteiger partial charge is 0.493 e. The van der Waals surface area contributed by atoms with E-state index in [0.29, 0.717) is 24.3 Å². The zero-order chi connectivity index (χ0) is 12.9. The summed E-state index contributed by atoms with van der Waals surface area (Å²) in [5.74, 6) is 0.873. The molecule has 1 rings (SSSR count). The van der Waals surface area contributed by atoms with E-state index in [0.717, 1.165) is 6.42 Å². The summed E-state index contributed by atoms with van der Waals surface area (Å²) in [5.41, 5.74) is 0.898. The Hall–Kier alpha value is -1.31. The average Bonchev–Trinajstić information content (AvgIpc) is 2.26. The van der Waals surface area contributed by atoms with Crippen molar-refractivity contribution in [2.45, 2.75) is 40.5 Å². The fraction of sp³-hybridized carbons (Fsp3) is 0.533. The number of carbonyl (C=O) groups excluding carboxylic acids is 1. The molecule has 0 atom stereocenters. The number of ether oxygens (including phenoxy) is 1. The van der Waals surface area contributed by atoms with Crippen LogP contribution in [0.1, 0.15) is 50.9 Å². The van der Waals surface area contributed by atoms with Crippen LogP contribution in [0.25, 0.3) is 0 Å². The van der Waals surface area contributed by atoms with Crippen molar-refractivity contribution < 1.29 is 9.53 Å². The molecule has 17 heavy (non-hydrogen) atoms. The van der Waals surface area contributed by atoms with E-state index < -0.39 is 0 Å². The van der Waals surface area contributed by atoms with E-state index >= 15 is 0 Å². The minimum absolute atomic E-state index is 0.170. The van der Waals surface area contributed by atoms with E-state index in [1.807, 2.05) is 31.2 Å². The highest BCUT2D eigenvalue weighted by atomic mass is 16.5. The number of hydrogen-bond acceptors (Lipinski definition) is 2. The van der Waals surface area contributed by atoms with Crippen molar-refractivity contribution in [3.63, 3.8) is 0 Å². The van der Waals surface area contributed by atoms with Gasteiger partial charge in [-0.1, -0.05) is 32.9 Å². The lowest BCUT2D eigenvalue weighted by Gasteiger charge is -2.17. The van der Waals surface area contributed by atoms with E-state index in [2.05, 4.69) is 20.8 Å². The minimum Gasteiger partial charge on any atom is -0.493 e. The molecule has 0 aromatic heterocycles. The van der Waals surface area contributed by atoms with Crippen molar-refractivity contribution in [3.05, 3.63) is 29.8 Å². The van der Waals surface area contributed by atoms with Gasteiger partial charge in [0.05, 0.1) is 12.2 Å². The summed E-state index contributed by atoms with van der Waals surface area (Å²) in [4.78, 5) is 12.1. The summed E-state index contributed by atoms with van der Waals surface area (Å²) in [6.45, 7) is 8.96. The molecule has 0 heterocycles. The van der Waals surface area contributed by atoms with E-state index in [1.54, 1.807) is 0 Å². The van der Waals surface area contributed by atoms with Gasteiger partial charge in [0.15, 0.2) is 5.78 Å². The molecule has 94 valence electrons. The fourth-order valence-corrected chi connectivity index (χ4v) is 1.60. The molecule has 0 amide bonds. The number of Topliss-reactive ketones (excluding diaryl/α,β-unsaturated/α-hetero) is 1. The highest BCUT2D eigenvalue weighted by molar-refractivity contribution is 5.98. The van der Waals surface area contributed by atoms with Gasteiger partial charge >= 0.3 is 0 Å². The minimum atomic E-state index is 0.170. The molecule has 1 aromatic rings. The molecule has 0 aliphatic carbocycles. The molecule has 0 N–H and O–H groups in total. The van der Waals surface area contributed by atoms with Crippen LogP contribution in [0.3, 0.4) is 0 Å². The molecule has 0 unspecified atom stereocenters. The normalized spacial score (nSPS) is 11.3. The molecule has 2 heteroatoms. The lowest BCUT2D eigenvalue weighted by molar-refractivity contribution is 0.0962. The van der Waals surface area contributed by atoms with Crippen LogP contribution in [0.15, 0.2) is 24.3 Å². The van der Waals surface area contributed by atoms with Crippen LogP contribution in [-0.4, -0.2) is 12.4 Å². The van der Waals surface area contributed by atoms with Crippen LogP contribution in [0.5, 0.6) is 5.75 Å². The van der Waals surface area contributed by atoms with Crippen LogP contribution < -0.4 is 4.74 Å². The Morgan fingerprint density at radius 3 is 2.47 bits per heavy atom. The van der Waals surface area contributed by atoms with Crippen LogP contribution >= 0.6 is 0 Å². The molecule has 1 aromatic carbocycles. The number of rotatable bonds is 5. The van der Waals surface area contributed by atoms with E-state index in [1.165, 1.54) is 0 Å². The number of hydrogen-bond donors (Lipinski definition) is 0. The summed E-state index contributed by atoms with van der Waals surface area (Å²) >= 11 is 0. The fourth-order valence-electron chi connectivity index (χ4n) is 1.60. The molecular formula is C15H22O2. The second kappa shape index (κ2) is 5.85. The van der Waals surface area contributed by atoms with Gasteiger partial charge in [-0.15, -0.1) is 0 Å². The van der Waals surface area contributed by atoms with Gasteiger partial charge < -0.3 is 4.74 Å². The van der Waals surface area contributed by atoms with Gasteiger partial charge in [-0.05, 0) is 30.9 Å². The standard InChI is InChI=1S/C15H22O2/c1-5-17-14-9-7-6-8-12(14)13(16)10-11-15(2,3)4/h6-9H,5,10-11H2,1-4H3. The second-order valence-corrected chi connectivity index (χ2v) is 5.41. The van der Waals surface area contributed by atoms with Gasteiger partial charge in [-0.25, -0.2) is 0 Å². The molecule has 0 saturated carbocycles. The monoisotopic (exact) mass is 234 g/mol. The zero-order valence-electron chi connectivity index (χ0n) is 11.2. The van der Waals surface area contributed by atoms with Crippen LogP contribution in [-0.2, 0) is 0 Å². The van der Waals surface area contributed by atoms with E-state index in [4.69, 9.17) is 4.74 Å². The number of benzene rings is 1. The zero-order valence-corrected chi connectivity index (χ0v) is 11.2. The Labute approximate surface area is 104 Å². The van der Waals surface area contributed by atoms with Crippen molar-refractivity contribution in [1.82, 2.24) is 0 Å². The Balaban J connectivity index is 2.74. The van der Waals surface area contributed by atoms with Crippen LogP contribution in [0.2, 0.25) is 0 Å². The lowest BCUT2D eigenvalue weighted by Crippen LogP contribution is -2.10. The van der Waals surface area contributed by atoms with Gasteiger partial charge in [-0.3, -0.25) is 4.79 Å². The first-order chi connectivity index (χ1) is 7.94. The van der Waals surface area contributed by atoms with E-state index in [9.17, 15) is 4.79 Å². The predicted octanol–water partition coefficient (Wildman–Crippen LogP) is 4.09. The summed E-state index contributed by atoms with van der Waals surface area (Å²) in [5, 5.41) is 0. The Bertz CT molecular complexity index is 375. The molecule has 0 aliphatic heterocycles. The average molecular weight is 234 g/mol. The number of para-hydroxylation sites is 1. The summed E-state index contributed by atoms with van der Waals surface area (Å²) < 4.78 is 5.47. The maximum absolute atomic E-state index is 12.1. The molecular weight excluding hydrogens is 212 g/mol. The summed E-state index contributed by atoms with van der Waals surface area (Å²) in [6.07, 6.45) is 1.47. The lowest BCUT2D eigenvalue weighted by atomic mass is 9.88. The third-order valence-corrected chi connectivity index (χ3v) is 2.59. The van der Waals surface area contributed by atoms with Crippen molar-refractivity contribution in [3.8, 4) is 5.75 Å². The van der Waals surface area contributed by atoms with Gasteiger partial charge in [-0.2, -0.15) is 0 Å². The van der Waals surface area contributed by atoms with Crippen molar-refractivity contribution >= 4 is 5.78 Å². The molecule has 2 nitrogen and oxygen atoms in total. The van der Waals surface area contributed by atoms with Crippen LogP contribution in [0, 0.1) is 5.41 Å². The van der Waals surface area contributed by atoms with E-state index in [-0.39, 0.29) is 11.2 Å². The summed E-state index contributed by atoms with van der Waals surface area (Å²) in [6, 6.07) is 7.47. The first kappa shape index (κ1) is 13.8. The topological polar surface area (TPSA) is 26.3 Å². The molecule has 0 aliphatic rings. The summed E-state index contributed by atoms with van der Waals surface area (Å²) in [7, 11) is 0. The third-order valence-electron chi connectivity index (χ3n) is 2.59. The predicted molar refractivity (Wildman–Crippen MR) is 70.6 cm³/mol. The molecule has 0 saturated heterocycles. The quantitative estimate of drug-likeness (QED) is 0.717. The maximum atomic E-state index is 12.1. The van der Waals surface area contributed by atoms with Gasteiger partial charge in [0, 0.05) is 6.42 Å². The Kier molecular flexibility index (Phi) is 4.73. The number of ketones is 1. The molecule has 0 radical (unpaired) electrons. The van der Waals surface area contributed by atoms with Crippen molar-refractivity contribution in [2.24, 2.45) is 5.41 Å². The highest BCUT2D eigenvalue weighted by Gasteiger charge is 2.16. The maximum Gasteiger partial charge on any atom is 0.166 e. The Morgan fingerprint density at radius 1 is 1.24 bits per heavy atom.